The summed E-state index contributed by atoms with van der Waals surface area (Å²) < 4.78 is 5.39. The van der Waals surface area contributed by atoms with Gasteiger partial charge in [-0.05, 0) is 39.7 Å². The van der Waals surface area contributed by atoms with E-state index in [1.165, 1.54) is 0 Å². The maximum atomic E-state index is 12.2. The normalized spacial score (nSPS) is 13.7. The average molecular weight is 348 g/mol. The van der Waals surface area contributed by atoms with Gasteiger partial charge >= 0.3 is 6.09 Å². The largest absolute Gasteiger partial charge is 0.444 e. The third-order valence-corrected chi connectivity index (χ3v) is 3.81. The van der Waals surface area contributed by atoms with Crippen LogP contribution in [-0.4, -0.2) is 34.6 Å². The molecule has 1 rings (SSSR count). The third kappa shape index (κ3) is 8.05. The lowest BCUT2D eigenvalue weighted by molar-refractivity contribution is -0.130. The molecule has 0 aliphatic rings. The van der Waals surface area contributed by atoms with Crippen molar-refractivity contribution in [2.24, 2.45) is 0 Å². The van der Waals surface area contributed by atoms with Gasteiger partial charge in [0.25, 0.3) is 0 Å². The van der Waals surface area contributed by atoms with E-state index in [4.69, 9.17) is 4.74 Å². The van der Waals surface area contributed by atoms with Gasteiger partial charge in [0.05, 0.1) is 5.54 Å². The Bertz CT molecular complexity index is 566. The number of carbonyl (C=O) groups excluding carboxylic acids is 2. The molecule has 0 heterocycles. The van der Waals surface area contributed by atoms with E-state index in [9.17, 15) is 9.59 Å². The molecule has 0 saturated carbocycles. The predicted octanol–water partition coefficient (Wildman–Crippen LogP) is 4.12. The van der Waals surface area contributed by atoms with Crippen LogP contribution in [0, 0.1) is 0 Å². The molecule has 1 aromatic rings. The minimum Gasteiger partial charge on any atom is -0.444 e. The van der Waals surface area contributed by atoms with E-state index in [-0.39, 0.29) is 5.91 Å². The van der Waals surface area contributed by atoms with Gasteiger partial charge in [0.2, 0.25) is 5.91 Å². The van der Waals surface area contributed by atoms with E-state index in [1.54, 1.807) is 11.8 Å². The van der Waals surface area contributed by atoms with Crippen molar-refractivity contribution in [1.29, 1.82) is 0 Å². The molecule has 0 spiro atoms. The number of rotatable bonds is 7. The second-order valence-electron chi connectivity index (χ2n) is 7.80. The van der Waals surface area contributed by atoms with Gasteiger partial charge in [-0.1, -0.05) is 43.7 Å². The maximum Gasteiger partial charge on any atom is 0.408 e. The first kappa shape index (κ1) is 21.0. The standard InChI is InChI=1S/C20H32N2O3/c1-7-13-20(6,21-18(24)25-19(3,4)5)15-22(16(2)23)14-17-11-9-8-10-12-17/h8-12H,7,13-15H2,1-6H3,(H,21,24). The van der Waals surface area contributed by atoms with Crippen molar-refractivity contribution in [2.45, 2.75) is 72.1 Å². The molecule has 140 valence electrons. The van der Waals surface area contributed by atoms with Crippen LogP contribution < -0.4 is 5.32 Å². The Balaban J connectivity index is 2.86. The molecule has 0 aliphatic carbocycles. The highest BCUT2D eigenvalue weighted by atomic mass is 16.6. The predicted molar refractivity (Wildman–Crippen MR) is 100 cm³/mol. The van der Waals surface area contributed by atoms with Crippen LogP contribution in [0.15, 0.2) is 30.3 Å². The number of nitrogens with zero attached hydrogens (tertiary/aromatic N) is 1. The Morgan fingerprint density at radius 3 is 2.20 bits per heavy atom. The molecule has 25 heavy (non-hydrogen) atoms. The smallest absolute Gasteiger partial charge is 0.408 e. The highest BCUT2D eigenvalue weighted by Gasteiger charge is 2.31. The summed E-state index contributed by atoms with van der Waals surface area (Å²) in [5.41, 5.74) is -0.0345. The first-order valence-corrected chi connectivity index (χ1v) is 8.85. The highest BCUT2D eigenvalue weighted by Crippen LogP contribution is 2.18. The summed E-state index contributed by atoms with van der Waals surface area (Å²) in [5.74, 6) is -0.0165. The number of nitrogens with one attached hydrogen (secondary N) is 1. The molecule has 0 saturated heterocycles. The van der Waals surface area contributed by atoms with Crippen LogP contribution in [0.4, 0.5) is 4.79 Å². The second-order valence-corrected chi connectivity index (χ2v) is 7.80. The molecule has 5 heteroatoms. The monoisotopic (exact) mass is 348 g/mol. The Kier molecular flexibility index (Phi) is 7.46. The summed E-state index contributed by atoms with van der Waals surface area (Å²) in [6.07, 6.45) is 1.19. The number of alkyl carbamates (subject to hydrolysis) is 1. The van der Waals surface area contributed by atoms with Gasteiger partial charge in [-0.15, -0.1) is 0 Å². The lowest BCUT2D eigenvalue weighted by Gasteiger charge is -2.36. The van der Waals surface area contributed by atoms with Crippen LogP contribution in [0.25, 0.3) is 0 Å². The summed E-state index contributed by atoms with van der Waals surface area (Å²) >= 11 is 0. The topological polar surface area (TPSA) is 58.6 Å². The number of carbonyl (C=O) groups is 2. The van der Waals surface area contributed by atoms with E-state index in [1.807, 2.05) is 58.0 Å². The molecule has 5 nitrogen and oxygen atoms in total. The lowest BCUT2D eigenvalue weighted by Crippen LogP contribution is -2.55. The van der Waals surface area contributed by atoms with Gasteiger partial charge < -0.3 is 15.0 Å². The van der Waals surface area contributed by atoms with Crippen molar-refractivity contribution >= 4 is 12.0 Å². The minimum atomic E-state index is -0.554. The van der Waals surface area contributed by atoms with Crippen molar-refractivity contribution in [3.05, 3.63) is 35.9 Å². The highest BCUT2D eigenvalue weighted by molar-refractivity contribution is 5.74. The summed E-state index contributed by atoms with van der Waals surface area (Å²) in [5, 5.41) is 2.97. The summed E-state index contributed by atoms with van der Waals surface area (Å²) in [6.45, 7) is 12.0. The summed E-state index contributed by atoms with van der Waals surface area (Å²) in [4.78, 5) is 26.1. The Labute approximate surface area is 151 Å². The SMILES string of the molecule is CCCC(C)(CN(Cc1ccccc1)C(C)=O)NC(=O)OC(C)(C)C. The third-order valence-electron chi connectivity index (χ3n) is 3.81. The molecule has 0 radical (unpaired) electrons. The summed E-state index contributed by atoms with van der Waals surface area (Å²) in [6, 6.07) is 9.85. The van der Waals surface area contributed by atoms with E-state index in [0.29, 0.717) is 13.1 Å². The van der Waals surface area contributed by atoms with Gasteiger partial charge in [0.15, 0.2) is 0 Å². The van der Waals surface area contributed by atoms with Crippen molar-refractivity contribution < 1.29 is 14.3 Å². The lowest BCUT2D eigenvalue weighted by atomic mass is 9.95. The minimum absolute atomic E-state index is 0.0165. The van der Waals surface area contributed by atoms with E-state index in [0.717, 1.165) is 18.4 Å². The van der Waals surface area contributed by atoms with E-state index < -0.39 is 17.2 Å². The number of amides is 2. The number of ether oxygens (including phenoxy) is 1. The molecule has 1 atom stereocenters. The second kappa shape index (κ2) is 8.88. The first-order chi connectivity index (χ1) is 11.5. The molecular weight excluding hydrogens is 316 g/mol. The molecular formula is C20H32N2O3. The first-order valence-electron chi connectivity index (χ1n) is 8.85. The molecule has 2 amide bonds. The molecule has 1 N–H and O–H groups in total. The Morgan fingerprint density at radius 2 is 1.72 bits per heavy atom. The van der Waals surface area contributed by atoms with Crippen molar-refractivity contribution in [3.63, 3.8) is 0 Å². The quantitative estimate of drug-likeness (QED) is 0.806. The number of hydrogen-bond acceptors (Lipinski definition) is 3. The number of benzene rings is 1. The molecule has 0 aromatic heterocycles. The van der Waals surface area contributed by atoms with Crippen LogP contribution in [0.5, 0.6) is 0 Å². The Hall–Kier alpha value is -2.04. The van der Waals surface area contributed by atoms with Gasteiger partial charge in [-0.25, -0.2) is 4.79 Å². The average Bonchev–Trinajstić information content (AvgIpc) is 2.45. The van der Waals surface area contributed by atoms with Gasteiger partial charge in [0.1, 0.15) is 5.60 Å². The van der Waals surface area contributed by atoms with Crippen molar-refractivity contribution in [2.75, 3.05) is 6.54 Å². The van der Waals surface area contributed by atoms with Crippen LogP contribution in [0.3, 0.4) is 0 Å². The summed E-state index contributed by atoms with van der Waals surface area (Å²) in [7, 11) is 0. The fraction of sp³-hybridized carbons (Fsp3) is 0.600. The van der Waals surface area contributed by atoms with Crippen molar-refractivity contribution in [3.8, 4) is 0 Å². The van der Waals surface area contributed by atoms with Crippen LogP contribution in [-0.2, 0) is 16.1 Å². The van der Waals surface area contributed by atoms with Gasteiger partial charge in [-0.3, -0.25) is 4.79 Å². The maximum absolute atomic E-state index is 12.2. The van der Waals surface area contributed by atoms with E-state index >= 15 is 0 Å². The zero-order chi connectivity index (χ0) is 19.1. The zero-order valence-corrected chi connectivity index (χ0v) is 16.4. The Morgan fingerprint density at radius 1 is 1.12 bits per heavy atom. The zero-order valence-electron chi connectivity index (χ0n) is 16.4. The van der Waals surface area contributed by atoms with E-state index in [2.05, 4.69) is 12.2 Å². The van der Waals surface area contributed by atoms with Gasteiger partial charge in [0, 0.05) is 20.0 Å². The van der Waals surface area contributed by atoms with Gasteiger partial charge in [-0.2, -0.15) is 0 Å². The fourth-order valence-corrected chi connectivity index (χ4v) is 2.79. The molecule has 0 aliphatic heterocycles. The molecule has 0 fully saturated rings. The fourth-order valence-electron chi connectivity index (χ4n) is 2.79. The van der Waals surface area contributed by atoms with Crippen LogP contribution >= 0.6 is 0 Å². The van der Waals surface area contributed by atoms with Crippen LogP contribution in [0.1, 0.15) is 59.9 Å². The number of hydrogen-bond donors (Lipinski definition) is 1. The molecule has 1 unspecified atom stereocenters. The van der Waals surface area contributed by atoms with Crippen molar-refractivity contribution in [1.82, 2.24) is 10.2 Å². The van der Waals surface area contributed by atoms with Crippen LogP contribution in [0.2, 0.25) is 0 Å². The molecule has 1 aromatic carbocycles. The molecule has 0 bridgehead atoms.